The van der Waals surface area contributed by atoms with E-state index in [1.54, 1.807) is 0 Å². The van der Waals surface area contributed by atoms with Crippen molar-refractivity contribution in [1.29, 1.82) is 0 Å². The van der Waals surface area contributed by atoms with Crippen molar-refractivity contribution in [3.8, 4) is 0 Å². The van der Waals surface area contributed by atoms with Gasteiger partial charge < -0.3 is 19.0 Å². The molecule has 0 radical (unpaired) electrons. The van der Waals surface area contributed by atoms with Gasteiger partial charge in [-0.05, 0) is 68.5 Å². The second-order valence-corrected chi connectivity index (χ2v) is 15.1. The summed E-state index contributed by atoms with van der Waals surface area (Å²) < 4.78 is 19.0. The SMILES string of the molecule is CC(C)(C)[Si](C)(C)OC[C@@H]1[C@H]2C/C(=C\CO)C[C@H]2C[C@H]1OC1CCCCO1. The van der Waals surface area contributed by atoms with Gasteiger partial charge in [-0.15, -0.1) is 0 Å². The van der Waals surface area contributed by atoms with Gasteiger partial charge >= 0.3 is 0 Å². The molecule has 0 amide bonds. The summed E-state index contributed by atoms with van der Waals surface area (Å²) in [5.74, 6) is 1.74. The molecule has 1 saturated heterocycles. The average Bonchev–Trinajstić information content (AvgIpc) is 3.10. The quantitative estimate of drug-likeness (QED) is 0.513. The van der Waals surface area contributed by atoms with Gasteiger partial charge in [0.1, 0.15) is 0 Å². The van der Waals surface area contributed by atoms with E-state index in [2.05, 4.69) is 33.9 Å². The number of aliphatic hydroxyl groups is 1. The van der Waals surface area contributed by atoms with Crippen LogP contribution >= 0.6 is 0 Å². The summed E-state index contributed by atoms with van der Waals surface area (Å²) >= 11 is 0. The Hall–Kier alpha value is -0.203. The molecule has 5 heteroatoms. The van der Waals surface area contributed by atoms with Gasteiger partial charge in [-0.2, -0.15) is 0 Å². The molecule has 156 valence electrons. The number of hydrogen-bond acceptors (Lipinski definition) is 4. The monoisotopic (exact) mass is 396 g/mol. The molecular weight excluding hydrogens is 356 g/mol. The van der Waals surface area contributed by atoms with Crippen molar-refractivity contribution in [3.63, 3.8) is 0 Å². The Labute approximate surface area is 166 Å². The molecule has 0 spiro atoms. The molecule has 2 saturated carbocycles. The van der Waals surface area contributed by atoms with Crippen molar-refractivity contribution in [1.82, 2.24) is 0 Å². The predicted molar refractivity (Wildman–Crippen MR) is 111 cm³/mol. The third kappa shape index (κ3) is 5.05. The van der Waals surface area contributed by atoms with Gasteiger partial charge in [-0.3, -0.25) is 0 Å². The highest BCUT2D eigenvalue weighted by atomic mass is 28.4. The van der Waals surface area contributed by atoms with Crippen LogP contribution in [0.4, 0.5) is 0 Å². The minimum atomic E-state index is -1.77. The molecule has 1 aliphatic heterocycles. The summed E-state index contributed by atoms with van der Waals surface area (Å²) in [7, 11) is -1.77. The molecule has 27 heavy (non-hydrogen) atoms. The van der Waals surface area contributed by atoms with E-state index < -0.39 is 8.32 Å². The molecule has 0 aromatic heterocycles. The number of aliphatic hydroxyl groups excluding tert-OH is 1. The van der Waals surface area contributed by atoms with E-state index in [4.69, 9.17) is 13.9 Å². The largest absolute Gasteiger partial charge is 0.416 e. The number of fused-ring (bicyclic) bond motifs is 1. The van der Waals surface area contributed by atoms with E-state index in [9.17, 15) is 5.11 Å². The summed E-state index contributed by atoms with van der Waals surface area (Å²) in [6, 6.07) is 0. The lowest BCUT2D eigenvalue weighted by Crippen LogP contribution is -2.43. The number of rotatable bonds is 6. The molecule has 0 bridgehead atoms. The van der Waals surface area contributed by atoms with Crippen LogP contribution in [-0.4, -0.2) is 45.6 Å². The van der Waals surface area contributed by atoms with Gasteiger partial charge in [0.15, 0.2) is 14.6 Å². The number of ether oxygens (including phenoxy) is 2. The lowest BCUT2D eigenvalue weighted by molar-refractivity contribution is -0.197. The molecule has 2 aliphatic carbocycles. The van der Waals surface area contributed by atoms with Gasteiger partial charge in [0, 0.05) is 19.1 Å². The lowest BCUT2D eigenvalue weighted by Gasteiger charge is -2.38. The van der Waals surface area contributed by atoms with Crippen LogP contribution in [0.3, 0.4) is 0 Å². The third-order valence-corrected chi connectivity index (χ3v) is 12.0. The summed E-state index contributed by atoms with van der Waals surface area (Å²) in [5, 5.41) is 9.51. The summed E-state index contributed by atoms with van der Waals surface area (Å²) in [4.78, 5) is 0. The predicted octanol–water partition coefficient (Wildman–Crippen LogP) is 4.88. The van der Waals surface area contributed by atoms with E-state index in [1.807, 2.05) is 6.08 Å². The van der Waals surface area contributed by atoms with E-state index in [0.717, 1.165) is 45.3 Å². The van der Waals surface area contributed by atoms with Gasteiger partial charge in [0.05, 0.1) is 12.7 Å². The highest BCUT2D eigenvalue weighted by Crippen LogP contribution is 2.52. The van der Waals surface area contributed by atoms with E-state index in [-0.39, 0.29) is 24.0 Å². The fourth-order valence-corrected chi connectivity index (χ4v) is 5.81. The smallest absolute Gasteiger partial charge is 0.191 e. The first-order valence-electron chi connectivity index (χ1n) is 10.9. The van der Waals surface area contributed by atoms with Crippen LogP contribution in [0.1, 0.15) is 59.3 Å². The van der Waals surface area contributed by atoms with Crippen LogP contribution < -0.4 is 0 Å². The number of allylic oxidation sites excluding steroid dienone is 1. The molecule has 3 fully saturated rings. The lowest BCUT2D eigenvalue weighted by atomic mass is 9.92. The second kappa shape index (κ2) is 8.66. The minimum absolute atomic E-state index is 0.0228. The van der Waals surface area contributed by atoms with Crippen LogP contribution in [0, 0.1) is 17.8 Å². The first-order valence-corrected chi connectivity index (χ1v) is 13.8. The molecule has 1 heterocycles. The highest BCUT2D eigenvalue weighted by molar-refractivity contribution is 6.74. The van der Waals surface area contributed by atoms with Crippen molar-refractivity contribution >= 4 is 8.32 Å². The molecule has 1 unspecified atom stereocenters. The van der Waals surface area contributed by atoms with Crippen molar-refractivity contribution in [3.05, 3.63) is 11.6 Å². The molecule has 1 N–H and O–H groups in total. The van der Waals surface area contributed by atoms with Crippen LogP contribution in [0.5, 0.6) is 0 Å². The molecule has 3 rings (SSSR count). The van der Waals surface area contributed by atoms with E-state index >= 15 is 0 Å². The molecular formula is C22H40O4Si. The van der Waals surface area contributed by atoms with Gasteiger partial charge in [-0.25, -0.2) is 0 Å². The first-order chi connectivity index (χ1) is 12.7. The van der Waals surface area contributed by atoms with Gasteiger partial charge in [0.25, 0.3) is 0 Å². The molecule has 4 nitrogen and oxygen atoms in total. The summed E-state index contributed by atoms with van der Waals surface area (Å²) in [5.41, 5.74) is 1.43. The maximum absolute atomic E-state index is 9.29. The van der Waals surface area contributed by atoms with E-state index in [1.165, 1.54) is 12.0 Å². The Morgan fingerprint density at radius 3 is 2.63 bits per heavy atom. The van der Waals surface area contributed by atoms with Gasteiger partial charge in [-0.1, -0.05) is 32.4 Å². The van der Waals surface area contributed by atoms with Crippen molar-refractivity contribution < 1.29 is 19.0 Å². The zero-order valence-electron chi connectivity index (χ0n) is 18.0. The Morgan fingerprint density at radius 2 is 2.00 bits per heavy atom. The molecule has 3 aliphatic rings. The maximum Gasteiger partial charge on any atom is 0.191 e. The fourth-order valence-electron chi connectivity index (χ4n) is 4.77. The summed E-state index contributed by atoms with van der Waals surface area (Å²) in [6.45, 7) is 13.4. The van der Waals surface area contributed by atoms with Crippen molar-refractivity contribution in [2.75, 3.05) is 19.8 Å². The number of hydrogen-bond donors (Lipinski definition) is 1. The van der Waals surface area contributed by atoms with E-state index in [0.29, 0.717) is 17.8 Å². The normalized spacial score (nSPS) is 36.4. The van der Waals surface area contributed by atoms with Crippen LogP contribution in [-0.2, 0) is 13.9 Å². The van der Waals surface area contributed by atoms with Crippen LogP contribution in [0.25, 0.3) is 0 Å². The molecule has 5 atom stereocenters. The standard InChI is InChI=1S/C22H40O4Si/c1-22(2,3)27(4,5)25-15-19-18-13-16(9-10-23)12-17(18)14-20(19)26-21-8-6-7-11-24-21/h9,17-21,23H,6-8,10-15H2,1-5H3/b16-9-/t17-,18-,19+,20+,21?/m0/s1. The minimum Gasteiger partial charge on any atom is -0.416 e. The Bertz CT molecular complexity index is 519. The van der Waals surface area contributed by atoms with Crippen molar-refractivity contribution in [2.24, 2.45) is 17.8 Å². The zero-order valence-corrected chi connectivity index (χ0v) is 19.0. The topological polar surface area (TPSA) is 47.9 Å². The first kappa shape index (κ1) is 21.5. The summed E-state index contributed by atoms with van der Waals surface area (Å²) in [6.07, 6.45) is 8.96. The zero-order chi connectivity index (χ0) is 19.7. The average molecular weight is 397 g/mol. The third-order valence-electron chi connectivity index (χ3n) is 7.48. The van der Waals surface area contributed by atoms with Crippen LogP contribution in [0.15, 0.2) is 11.6 Å². The van der Waals surface area contributed by atoms with Gasteiger partial charge in [0.2, 0.25) is 0 Å². The Morgan fingerprint density at radius 1 is 1.22 bits per heavy atom. The Kier molecular flexibility index (Phi) is 6.90. The van der Waals surface area contributed by atoms with Crippen LogP contribution in [0.2, 0.25) is 18.1 Å². The second-order valence-electron chi connectivity index (χ2n) is 10.3. The highest BCUT2D eigenvalue weighted by Gasteiger charge is 2.49. The molecule has 0 aromatic carbocycles. The maximum atomic E-state index is 9.29. The fraction of sp³-hybridized carbons (Fsp3) is 0.909. The Balaban J connectivity index is 1.68. The molecule has 0 aromatic rings. The van der Waals surface area contributed by atoms with Crippen molar-refractivity contribution in [2.45, 2.75) is 89.8 Å².